The number of benzene rings is 1. The topological polar surface area (TPSA) is 35.2 Å². The van der Waals surface area contributed by atoms with Crippen LogP contribution in [0.15, 0.2) is 24.3 Å². The molecule has 2 nitrogen and oxygen atoms in total. The number of alkyl halides is 2. The summed E-state index contributed by atoms with van der Waals surface area (Å²) in [6.45, 7) is 1.56. The standard InChI is InChI=1S/C14H19F2NO/c15-14(16)13(11-4-6-18-7-5-11)12-3-1-2-10(8-12)9-17/h1-3,8,11,13-14H,4-7,9,17H2. The molecule has 1 unspecified atom stereocenters. The van der Waals surface area contributed by atoms with Gasteiger partial charge in [0, 0.05) is 25.7 Å². The van der Waals surface area contributed by atoms with E-state index in [1.54, 1.807) is 6.07 Å². The van der Waals surface area contributed by atoms with Gasteiger partial charge in [0.05, 0.1) is 0 Å². The highest BCUT2D eigenvalue weighted by Crippen LogP contribution is 2.36. The molecule has 18 heavy (non-hydrogen) atoms. The Morgan fingerprint density at radius 2 is 2.00 bits per heavy atom. The van der Waals surface area contributed by atoms with E-state index in [1.807, 2.05) is 18.2 Å². The molecule has 1 atom stereocenters. The van der Waals surface area contributed by atoms with Crippen molar-refractivity contribution in [2.24, 2.45) is 11.7 Å². The third-order valence-corrected chi connectivity index (χ3v) is 3.62. The minimum Gasteiger partial charge on any atom is -0.381 e. The highest BCUT2D eigenvalue weighted by Gasteiger charge is 2.32. The van der Waals surface area contributed by atoms with E-state index in [0.717, 1.165) is 5.56 Å². The third kappa shape index (κ3) is 3.06. The molecule has 0 amide bonds. The third-order valence-electron chi connectivity index (χ3n) is 3.62. The second kappa shape index (κ2) is 6.25. The SMILES string of the molecule is NCc1cccc(C(C(F)F)C2CCOCC2)c1. The summed E-state index contributed by atoms with van der Waals surface area (Å²) in [4.78, 5) is 0. The summed E-state index contributed by atoms with van der Waals surface area (Å²) in [6, 6.07) is 7.28. The number of hydrogen-bond donors (Lipinski definition) is 1. The first kappa shape index (κ1) is 13.4. The van der Waals surface area contributed by atoms with E-state index in [-0.39, 0.29) is 5.92 Å². The number of hydrogen-bond acceptors (Lipinski definition) is 2. The molecule has 2 N–H and O–H groups in total. The smallest absolute Gasteiger partial charge is 0.245 e. The second-order valence-electron chi connectivity index (χ2n) is 4.76. The lowest BCUT2D eigenvalue weighted by atomic mass is 9.81. The maximum absolute atomic E-state index is 13.3. The fraction of sp³-hybridized carbons (Fsp3) is 0.571. The van der Waals surface area contributed by atoms with Gasteiger partial charge in [0.1, 0.15) is 0 Å². The van der Waals surface area contributed by atoms with Crippen LogP contribution < -0.4 is 5.73 Å². The minimum atomic E-state index is -2.33. The summed E-state index contributed by atoms with van der Waals surface area (Å²) in [6.07, 6.45) is -0.912. The van der Waals surface area contributed by atoms with Crippen LogP contribution >= 0.6 is 0 Å². The molecule has 1 aliphatic heterocycles. The average molecular weight is 255 g/mol. The Morgan fingerprint density at radius 1 is 1.28 bits per heavy atom. The lowest BCUT2D eigenvalue weighted by molar-refractivity contribution is 0.0186. The molecule has 1 saturated heterocycles. The van der Waals surface area contributed by atoms with Crippen molar-refractivity contribution in [3.63, 3.8) is 0 Å². The normalized spacial score (nSPS) is 19.1. The molecule has 100 valence electrons. The van der Waals surface area contributed by atoms with Crippen molar-refractivity contribution in [1.29, 1.82) is 0 Å². The Kier molecular flexibility index (Phi) is 4.66. The van der Waals surface area contributed by atoms with Crippen molar-refractivity contribution in [2.45, 2.75) is 31.7 Å². The Hall–Kier alpha value is -1.00. The first-order valence-electron chi connectivity index (χ1n) is 6.37. The average Bonchev–Trinajstić information content (AvgIpc) is 2.40. The van der Waals surface area contributed by atoms with E-state index >= 15 is 0 Å². The van der Waals surface area contributed by atoms with Gasteiger partial charge in [-0.2, -0.15) is 0 Å². The second-order valence-corrected chi connectivity index (χ2v) is 4.76. The fourth-order valence-corrected chi connectivity index (χ4v) is 2.63. The summed E-state index contributed by atoms with van der Waals surface area (Å²) in [5, 5.41) is 0. The van der Waals surface area contributed by atoms with Gasteiger partial charge in [0.2, 0.25) is 6.43 Å². The molecular weight excluding hydrogens is 236 g/mol. The van der Waals surface area contributed by atoms with Gasteiger partial charge >= 0.3 is 0 Å². The summed E-state index contributed by atoms with van der Waals surface area (Å²) >= 11 is 0. The molecule has 1 fully saturated rings. The van der Waals surface area contributed by atoms with E-state index in [0.29, 0.717) is 38.2 Å². The van der Waals surface area contributed by atoms with Crippen LogP contribution in [0.2, 0.25) is 0 Å². The van der Waals surface area contributed by atoms with Crippen molar-refractivity contribution in [2.75, 3.05) is 13.2 Å². The predicted molar refractivity (Wildman–Crippen MR) is 66.6 cm³/mol. The number of nitrogens with two attached hydrogens (primary N) is 1. The quantitative estimate of drug-likeness (QED) is 0.897. The van der Waals surface area contributed by atoms with Crippen LogP contribution in [-0.4, -0.2) is 19.6 Å². The van der Waals surface area contributed by atoms with Gasteiger partial charge in [0.25, 0.3) is 0 Å². The molecule has 0 aliphatic carbocycles. The van der Waals surface area contributed by atoms with Crippen LogP contribution in [-0.2, 0) is 11.3 Å². The molecule has 1 heterocycles. The monoisotopic (exact) mass is 255 g/mol. The first-order chi connectivity index (χ1) is 8.72. The molecule has 2 rings (SSSR count). The Labute approximate surface area is 106 Å². The summed E-state index contributed by atoms with van der Waals surface area (Å²) < 4.78 is 31.9. The van der Waals surface area contributed by atoms with Gasteiger partial charge in [-0.05, 0) is 29.9 Å². The van der Waals surface area contributed by atoms with Crippen LogP contribution in [0.5, 0.6) is 0 Å². The summed E-state index contributed by atoms with van der Waals surface area (Å²) in [5.41, 5.74) is 7.18. The van der Waals surface area contributed by atoms with Crippen molar-refractivity contribution in [3.8, 4) is 0 Å². The van der Waals surface area contributed by atoms with Crippen molar-refractivity contribution >= 4 is 0 Å². The summed E-state index contributed by atoms with van der Waals surface area (Å²) in [7, 11) is 0. The largest absolute Gasteiger partial charge is 0.381 e. The van der Waals surface area contributed by atoms with Crippen LogP contribution in [0.4, 0.5) is 8.78 Å². The van der Waals surface area contributed by atoms with Crippen molar-refractivity contribution in [1.82, 2.24) is 0 Å². The Morgan fingerprint density at radius 3 is 2.61 bits per heavy atom. The zero-order valence-electron chi connectivity index (χ0n) is 10.3. The van der Waals surface area contributed by atoms with Crippen molar-refractivity contribution < 1.29 is 13.5 Å². The molecule has 4 heteroatoms. The van der Waals surface area contributed by atoms with Gasteiger partial charge in [-0.1, -0.05) is 24.3 Å². The van der Waals surface area contributed by atoms with Gasteiger partial charge < -0.3 is 10.5 Å². The maximum atomic E-state index is 13.3. The highest BCUT2D eigenvalue weighted by molar-refractivity contribution is 5.27. The first-order valence-corrected chi connectivity index (χ1v) is 6.37. The molecule has 0 saturated carbocycles. The molecule has 1 aromatic carbocycles. The number of halogens is 2. The zero-order chi connectivity index (χ0) is 13.0. The van der Waals surface area contributed by atoms with E-state index < -0.39 is 12.3 Å². The van der Waals surface area contributed by atoms with Gasteiger partial charge in [-0.3, -0.25) is 0 Å². The van der Waals surface area contributed by atoms with Crippen molar-refractivity contribution in [3.05, 3.63) is 35.4 Å². The van der Waals surface area contributed by atoms with Crippen LogP contribution in [0.25, 0.3) is 0 Å². The predicted octanol–water partition coefficient (Wildman–Crippen LogP) is 2.92. The minimum absolute atomic E-state index is 0.00627. The van der Waals surface area contributed by atoms with Crippen LogP contribution in [0.1, 0.15) is 29.9 Å². The van der Waals surface area contributed by atoms with E-state index in [9.17, 15) is 8.78 Å². The maximum Gasteiger partial charge on any atom is 0.245 e. The van der Waals surface area contributed by atoms with Crippen LogP contribution in [0.3, 0.4) is 0 Å². The molecule has 0 radical (unpaired) electrons. The number of rotatable bonds is 4. The highest BCUT2D eigenvalue weighted by atomic mass is 19.3. The molecule has 1 aromatic rings. The van der Waals surface area contributed by atoms with Crippen LogP contribution in [0, 0.1) is 5.92 Å². The Bertz CT molecular complexity index is 378. The van der Waals surface area contributed by atoms with E-state index in [1.165, 1.54) is 0 Å². The lowest BCUT2D eigenvalue weighted by Crippen LogP contribution is -2.26. The molecule has 0 aromatic heterocycles. The molecule has 0 bridgehead atoms. The lowest BCUT2D eigenvalue weighted by Gasteiger charge is -2.30. The van der Waals surface area contributed by atoms with Gasteiger partial charge in [-0.25, -0.2) is 8.78 Å². The fourth-order valence-electron chi connectivity index (χ4n) is 2.63. The molecule has 0 spiro atoms. The molecule has 1 aliphatic rings. The van der Waals surface area contributed by atoms with E-state index in [4.69, 9.17) is 10.5 Å². The Balaban J connectivity index is 2.22. The summed E-state index contributed by atoms with van der Waals surface area (Å²) in [5.74, 6) is -0.688. The van der Waals surface area contributed by atoms with Gasteiger partial charge in [0.15, 0.2) is 0 Å². The van der Waals surface area contributed by atoms with Gasteiger partial charge in [-0.15, -0.1) is 0 Å². The zero-order valence-corrected chi connectivity index (χ0v) is 10.3. The number of ether oxygens (including phenoxy) is 1. The molecular formula is C14H19F2NO. The van der Waals surface area contributed by atoms with E-state index in [2.05, 4.69) is 0 Å².